The Morgan fingerprint density at radius 1 is 1.62 bits per heavy atom. The van der Waals surface area contributed by atoms with Crippen LogP contribution in [-0.4, -0.2) is 19.7 Å². The molecule has 16 heavy (non-hydrogen) atoms. The summed E-state index contributed by atoms with van der Waals surface area (Å²) in [7, 11) is 1.74. The number of aromatic amines is 1. The summed E-state index contributed by atoms with van der Waals surface area (Å²) in [4.78, 5) is 17.8. The van der Waals surface area contributed by atoms with Crippen molar-refractivity contribution in [2.75, 3.05) is 0 Å². The molecule has 0 aliphatic carbocycles. The Bertz CT molecular complexity index is 636. The zero-order chi connectivity index (χ0) is 11.7. The fourth-order valence-corrected chi connectivity index (χ4v) is 1.42. The average Bonchev–Trinajstić information content (AvgIpc) is 2.64. The van der Waals surface area contributed by atoms with Crippen LogP contribution in [0.15, 0.2) is 17.1 Å². The monoisotopic (exact) mass is 235 g/mol. The number of nitrogens with one attached hydrogen (secondary N) is 1. The first kappa shape index (κ1) is 10.4. The molecular weight excluding hydrogens is 230 g/mol. The van der Waals surface area contributed by atoms with Crippen LogP contribution < -0.4 is 5.56 Å². The molecule has 0 atom stereocenters. The lowest BCUT2D eigenvalue weighted by Crippen LogP contribution is -2.13. The van der Waals surface area contributed by atoms with Crippen molar-refractivity contribution in [1.29, 1.82) is 5.26 Å². The van der Waals surface area contributed by atoms with Crippen molar-refractivity contribution in [2.45, 2.75) is 0 Å². The van der Waals surface area contributed by atoms with Gasteiger partial charge in [-0.3, -0.25) is 9.48 Å². The van der Waals surface area contributed by atoms with Crippen LogP contribution in [-0.2, 0) is 7.05 Å². The maximum absolute atomic E-state index is 11.4. The minimum atomic E-state index is -0.567. The topological polar surface area (TPSA) is 87.4 Å². The van der Waals surface area contributed by atoms with Crippen molar-refractivity contribution in [1.82, 2.24) is 19.7 Å². The van der Waals surface area contributed by atoms with E-state index in [9.17, 15) is 4.79 Å². The standard InChI is InChI=1S/C9H6ClN5O/c1-15-3-2-6(14-15)8-12-7(10)5(4-11)9(16)13-8/h2-3H,1H3,(H,12,13,16). The quantitative estimate of drug-likeness (QED) is 0.737. The smallest absolute Gasteiger partial charge is 0.270 e. The molecule has 0 aromatic carbocycles. The summed E-state index contributed by atoms with van der Waals surface area (Å²) in [5, 5.41) is 12.6. The Kier molecular flexibility index (Phi) is 2.46. The summed E-state index contributed by atoms with van der Waals surface area (Å²) in [6, 6.07) is 3.36. The van der Waals surface area contributed by atoms with Crippen molar-refractivity contribution in [3.8, 4) is 17.6 Å². The summed E-state index contributed by atoms with van der Waals surface area (Å²) in [6.07, 6.45) is 1.71. The van der Waals surface area contributed by atoms with Crippen LogP contribution in [0.4, 0.5) is 0 Å². The van der Waals surface area contributed by atoms with Gasteiger partial charge in [-0.15, -0.1) is 0 Å². The molecule has 2 aromatic heterocycles. The molecule has 0 aliphatic rings. The normalized spacial score (nSPS) is 10.1. The molecule has 0 fully saturated rings. The Labute approximate surface area is 95.1 Å². The molecule has 1 N–H and O–H groups in total. The average molecular weight is 236 g/mol. The molecule has 0 radical (unpaired) electrons. The Morgan fingerprint density at radius 2 is 2.38 bits per heavy atom. The van der Waals surface area contributed by atoms with Crippen LogP contribution in [0.3, 0.4) is 0 Å². The van der Waals surface area contributed by atoms with Crippen molar-refractivity contribution < 1.29 is 0 Å². The summed E-state index contributed by atoms with van der Waals surface area (Å²) in [5.41, 5.74) is -0.268. The Hall–Kier alpha value is -2.13. The zero-order valence-corrected chi connectivity index (χ0v) is 8.99. The molecule has 2 heterocycles. The third-order valence-electron chi connectivity index (χ3n) is 1.94. The number of hydrogen-bond acceptors (Lipinski definition) is 4. The third-order valence-corrected chi connectivity index (χ3v) is 2.22. The second kappa shape index (κ2) is 3.79. The Balaban J connectivity index is 2.62. The molecular formula is C9H6ClN5O. The number of halogens is 1. The molecule has 2 aromatic rings. The van der Waals surface area contributed by atoms with Gasteiger partial charge in [0.25, 0.3) is 5.56 Å². The highest BCUT2D eigenvalue weighted by molar-refractivity contribution is 6.30. The number of rotatable bonds is 1. The maximum atomic E-state index is 11.4. The molecule has 7 heteroatoms. The second-order valence-electron chi connectivity index (χ2n) is 3.07. The highest BCUT2D eigenvalue weighted by Gasteiger charge is 2.11. The summed E-state index contributed by atoms with van der Waals surface area (Å²) >= 11 is 5.70. The van der Waals surface area contributed by atoms with Crippen molar-refractivity contribution in [2.24, 2.45) is 7.05 Å². The van der Waals surface area contributed by atoms with Gasteiger partial charge in [0.05, 0.1) is 0 Å². The van der Waals surface area contributed by atoms with Gasteiger partial charge in [0, 0.05) is 13.2 Å². The minimum absolute atomic E-state index is 0.119. The molecule has 0 saturated heterocycles. The summed E-state index contributed by atoms with van der Waals surface area (Å²) < 4.78 is 1.57. The molecule has 0 unspecified atom stereocenters. The number of nitrogens with zero attached hydrogens (tertiary/aromatic N) is 4. The van der Waals surface area contributed by atoms with Crippen LogP contribution in [0.25, 0.3) is 11.5 Å². The Morgan fingerprint density at radius 3 is 2.88 bits per heavy atom. The van der Waals surface area contributed by atoms with E-state index in [4.69, 9.17) is 16.9 Å². The van der Waals surface area contributed by atoms with Gasteiger partial charge in [-0.1, -0.05) is 11.6 Å². The molecule has 0 amide bonds. The first-order valence-corrected chi connectivity index (χ1v) is 4.69. The van der Waals surface area contributed by atoms with Gasteiger partial charge in [0.2, 0.25) is 0 Å². The maximum Gasteiger partial charge on any atom is 0.270 e. The molecule has 0 spiro atoms. The van der Waals surface area contributed by atoms with Crippen LogP contribution in [0.5, 0.6) is 0 Å². The van der Waals surface area contributed by atoms with Gasteiger partial charge in [-0.05, 0) is 6.07 Å². The van der Waals surface area contributed by atoms with Gasteiger partial charge in [-0.2, -0.15) is 10.4 Å². The van der Waals surface area contributed by atoms with Crippen LogP contribution in [0.2, 0.25) is 5.15 Å². The predicted octanol–water partition coefficient (Wildman–Crippen LogP) is 0.695. The lowest BCUT2D eigenvalue weighted by molar-refractivity contribution is 0.768. The predicted molar refractivity (Wildman–Crippen MR) is 56.8 cm³/mol. The molecule has 0 aliphatic heterocycles. The van der Waals surface area contributed by atoms with Crippen molar-refractivity contribution >= 4 is 11.6 Å². The van der Waals surface area contributed by atoms with E-state index < -0.39 is 5.56 Å². The molecule has 0 saturated carbocycles. The van der Waals surface area contributed by atoms with E-state index in [-0.39, 0.29) is 16.5 Å². The minimum Gasteiger partial charge on any atom is -0.304 e. The van der Waals surface area contributed by atoms with E-state index in [1.807, 2.05) is 0 Å². The van der Waals surface area contributed by atoms with Gasteiger partial charge in [-0.25, -0.2) is 4.98 Å². The number of nitriles is 1. The summed E-state index contributed by atoms with van der Waals surface area (Å²) in [5.74, 6) is 0.245. The fraction of sp³-hybridized carbons (Fsp3) is 0.111. The second-order valence-corrected chi connectivity index (χ2v) is 3.42. The summed E-state index contributed by atoms with van der Waals surface area (Å²) in [6.45, 7) is 0. The van der Waals surface area contributed by atoms with E-state index in [0.717, 1.165) is 0 Å². The van der Waals surface area contributed by atoms with E-state index in [2.05, 4.69) is 15.1 Å². The lowest BCUT2D eigenvalue weighted by Gasteiger charge is -1.98. The highest BCUT2D eigenvalue weighted by atomic mass is 35.5. The SMILES string of the molecule is Cn1ccc(-c2nc(Cl)c(C#N)c(=O)[nH]2)n1. The lowest BCUT2D eigenvalue weighted by atomic mass is 10.3. The van der Waals surface area contributed by atoms with E-state index in [0.29, 0.717) is 5.69 Å². The van der Waals surface area contributed by atoms with Gasteiger partial charge >= 0.3 is 0 Å². The van der Waals surface area contributed by atoms with Crippen LogP contribution >= 0.6 is 11.6 Å². The highest BCUT2D eigenvalue weighted by Crippen LogP contribution is 2.14. The van der Waals surface area contributed by atoms with Crippen LogP contribution in [0.1, 0.15) is 5.56 Å². The third kappa shape index (κ3) is 1.68. The number of hydrogen-bond donors (Lipinski definition) is 1. The van der Waals surface area contributed by atoms with E-state index in [1.54, 1.807) is 30.1 Å². The number of aromatic nitrogens is 4. The van der Waals surface area contributed by atoms with Crippen LogP contribution in [0, 0.1) is 11.3 Å². The molecule has 0 bridgehead atoms. The molecule has 6 nitrogen and oxygen atoms in total. The van der Waals surface area contributed by atoms with Gasteiger partial charge < -0.3 is 4.98 Å². The molecule has 80 valence electrons. The van der Waals surface area contributed by atoms with E-state index in [1.165, 1.54) is 0 Å². The largest absolute Gasteiger partial charge is 0.304 e. The first-order chi connectivity index (χ1) is 7.61. The van der Waals surface area contributed by atoms with Gasteiger partial charge in [0.15, 0.2) is 16.5 Å². The number of H-pyrrole nitrogens is 1. The van der Waals surface area contributed by atoms with Crippen molar-refractivity contribution in [3.63, 3.8) is 0 Å². The van der Waals surface area contributed by atoms with Gasteiger partial charge in [0.1, 0.15) is 11.8 Å². The van der Waals surface area contributed by atoms with Crippen molar-refractivity contribution in [3.05, 3.63) is 33.3 Å². The molecule has 2 rings (SSSR count). The zero-order valence-electron chi connectivity index (χ0n) is 8.23. The first-order valence-electron chi connectivity index (χ1n) is 4.31. The number of aryl methyl sites for hydroxylation is 1. The fourth-order valence-electron chi connectivity index (χ4n) is 1.21. The van der Waals surface area contributed by atoms with E-state index >= 15 is 0 Å².